The number of hydrogen-bond donors (Lipinski definition) is 2. The van der Waals surface area contributed by atoms with Crippen molar-refractivity contribution >= 4 is 15.9 Å². The molecule has 0 spiro atoms. The molecule has 1 amide bonds. The first-order valence-electron chi connectivity index (χ1n) is 11.6. The Kier molecular flexibility index (Phi) is 6.80. The third-order valence-corrected chi connectivity index (χ3v) is 8.60. The van der Waals surface area contributed by atoms with Gasteiger partial charge in [-0.3, -0.25) is 4.79 Å². The maximum atomic E-state index is 12.8. The van der Waals surface area contributed by atoms with Crippen molar-refractivity contribution in [1.29, 1.82) is 0 Å². The zero-order valence-corrected chi connectivity index (χ0v) is 18.8. The predicted octanol–water partition coefficient (Wildman–Crippen LogP) is 2.99. The van der Waals surface area contributed by atoms with Crippen molar-refractivity contribution in [3.8, 4) is 0 Å². The summed E-state index contributed by atoms with van der Waals surface area (Å²) >= 11 is 0. The molecule has 1 atom stereocenters. The van der Waals surface area contributed by atoms with Crippen LogP contribution < -0.4 is 10.0 Å². The highest BCUT2D eigenvalue weighted by Crippen LogP contribution is 2.34. The second-order valence-electron chi connectivity index (χ2n) is 9.36. The molecule has 6 nitrogen and oxygen atoms in total. The van der Waals surface area contributed by atoms with E-state index in [1.807, 2.05) is 6.07 Å². The van der Waals surface area contributed by atoms with Crippen LogP contribution in [0.1, 0.15) is 69.0 Å². The Morgan fingerprint density at radius 2 is 1.83 bits per heavy atom. The highest BCUT2D eigenvalue weighted by molar-refractivity contribution is 7.89. The van der Waals surface area contributed by atoms with E-state index >= 15 is 0 Å². The van der Waals surface area contributed by atoms with E-state index in [0.717, 1.165) is 75.2 Å². The monoisotopic (exact) mass is 433 g/mol. The molecule has 166 valence electrons. The fourth-order valence-electron chi connectivity index (χ4n) is 5.08. The number of hydrogen-bond acceptors (Lipinski definition) is 4. The molecule has 1 heterocycles. The smallest absolute Gasteiger partial charge is 0.240 e. The van der Waals surface area contributed by atoms with Crippen molar-refractivity contribution in [2.24, 2.45) is 11.8 Å². The number of benzene rings is 1. The van der Waals surface area contributed by atoms with Gasteiger partial charge in [0.25, 0.3) is 0 Å². The van der Waals surface area contributed by atoms with Crippen LogP contribution in [0.2, 0.25) is 0 Å². The molecular formula is C23H35N3O3S. The molecule has 0 bridgehead atoms. The topological polar surface area (TPSA) is 78.5 Å². The Bertz CT molecular complexity index is 856. The molecule has 3 aliphatic rings. The molecule has 1 saturated heterocycles. The Labute approximate surface area is 180 Å². The van der Waals surface area contributed by atoms with Gasteiger partial charge in [0.1, 0.15) is 0 Å². The number of carbonyl (C=O) groups is 1. The lowest BCUT2D eigenvalue weighted by atomic mass is 9.99. The van der Waals surface area contributed by atoms with Crippen LogP contribution in [-0.4, -0.2) is 45.4 Å². The second-order valence-corrected chi connectivity index (χ2v) is 11.1. The first-order chi connectivity index (χ1) is 14.4. The molecule has 1 aliphatic heterocycles. The van der Waals surface area contributed by atoms with E-state index in [9.17, 15) is 13.2 Å². The van der Waals surface area contributed by atoms with Gasteiger partial charge in [0.15, 0.2) is 0 Å². The van der Waals surface area contributed by atoms with Gasteiger partial charge >= 0.3 is 0 Å². The zero-order chi connectivity index (χ0) is 21.1. The predicted molar refractivity (Wildman–Crippen MR) is 118 cm³/mol. The summed E-state index contributed by atoms with van der Waals surface area (Å²) in [6.07, 6.45) is 8.30. The SMILES string of the molecule is CC1CCN(CCNS(=O)(=O)c2ccc3c(c2)[C@H](NC(=O)C2CCCC2)CC3)CC1. The summed E-state index contributed by atoms with van der Waals surface area (Å²) in [5.41, 5.74) is 2.11. The standard InChI is InChI=1S/C23H35N3O3S/c1-17-10-13-26(14-11-17)15-12-24-30(28,29)20-8-6-18-7-9-22(21(18)16-20)25-23(27)19-4-2-3-5-19/h6,8,16-17,19,22,24H,2-5,7,9-15H2,1H3,(H,25,27)/t22-/m1/s1. The summed E-state index contributed by atoms with van der Waals surface area (Å²) in [6.45, 7) is 5.54. The van der Waals surface area contributed by atoms with Gasteiger partial charge in [-0.15, -0.1) is 0 Å². The van der Waals surface area contributed by atoms with Crippen LogP contribution in [0.5, 0.6) is 0 Å². The van der Waals surface area contributed by atoms with E-state index in [2.05, 4.69) is 21.9 Å². The van der Waals surface area contributed by atoms with Gasteiger partial charge < -0.3 is 10.2 Å². The summed E-state index contributed by atoms with van der Waals surface area (Å²) in [5, 5.41) is 3.18. The van der Waals surface area contributed by atoms with E-state index in [1.165, 1.54) is 12.8 Å². The van der Waals surface area contributed by atoms with E-state index < -0.39 is 10.0 Å². The molecule has 0 aromatic heterocycles. The minimum Gasteiger partial charge on any atom is -0.349 e. The molecule has 1 aromatic rings. The Hall–Kier alpha value is -1.44. The lowest BCUT2D eigenvalue weighted by Gasteiger charge is -2.30. The van der Waals surface area contributed by atoms with E-state index in [-0.39, 0.29) is 17.9 Å². The number of carbonyl (C=O) groups excluding carboxylic acids is 1. The van der Waals surface area contributed by atoms with Crippen molar-refractivity contribution in [1.82, 2.24) is 14.9 Å². The number of fused-ring (bicyclic) bond motifs is 1. The fourth-order valence-corrected chi connectivity index (χ4v) is 6.14. The third-order valence-electron chi connectivity index (χ3n) is 7.14. The number of rotatable bonds is 7. The molecule has 0 unspecified atom stereocenters. The zero-order valence-electron chi connectivity index (χ0n) is 18.0. The number of nitrogens with zero attached hydrogens (tertiary/aromatic N) is 1. The van der Waals surface area contributed by atoms with Gasteiger partial charge in [-0.25, -0.2) is 13.1 Å². The molecule has 2 fully saturated rings. The first kappa shape index (κ1) is 21.8. The van der Waals surface area contributed by atoms with Crippen LogP contribution >= 0.6 is 0 Å². The molecule has 2 N–H and O–H groups in total. The summed E-state index contributed by atoms with van der Waals surface area (Å²) < 4.78 is 28.5. The van der Waals surface area contributed by atoms with Gasteiger partial charge in [0.2, 0.25) is 15.9 Å². The maximum Gasteiger partial charge on any atom is 0.240 e. The lowest BCUT2D eigenvalue weighted by molar-refractivity contribution is -0.125. The summed E-state index contributed by atoms with van der Waals surface area (Å²) in [5.74, 6) is 1.03. The van der Waals surface area contributed by atoms with E-state index in [1.54, 1.807) is 12.1 Å². The number of sulfonamides is 1. The minimum absolute atomic E-state index is 0.0708. The molecule has 7 heteroatoms. The summed E-state index contributed by atoms with van der Waals surface area (Å²) in [4.78, 5) is 15.2. The van der Waals surface area contributed by atoms with Crippen molar-refractivity contribution in [2.45, 2.75) is 69.2 Å². The number of piperidine rings is 1. The van der Waals surface area contributed by atoms with Gasteiger partial charge in [0, 0.05) is 19.0 Å². The Morgan fingerprint density at radius 3 is 2.57 bits per heavy atom. The van der Waals surface area contributed by atoms with Crippen LogP contribution in [-0.2, 0) is 21.2 Å². The molecule has 2 aliphatic carbocycles. The quantitative estimate of drug-likeness (QED) is 0.693. The van der Waals surface area contributed by atoms with Crippen LogP contribution in [0.15, 0.2) is 23.1 Å². The van der Waals surface area contributed by atoms with Crippen molar-refractivity contribution in [3.63, 3.8) is 0 Å². The summed E-state index contributed by atoms with van der Waals surface area (Å²) in [7, 11) is -3.55. The van der Waals surface area contributed by atoms with Crippen LogP contribution in [0.3, 0.4) is 0 Å². The van der Waals surface area contributed by atoms with Gasteiger partial charge in [-0.05, 0) is 80.8 Å². The van der Waals surface area contributed by atoms with Crippen molar-refractivity contribution < 1.29 is 13.2 Å². The van der Waals surface area contributed by atoms with E-state index in [0.29, 0.717) is 11.4 Å². The second kappa shape index (κ2) is 9.37. The van der Waals surface area contributed by atoms with Gasteiger partial charge in [-0.1, -0.05) is 25.8 Å². The number of amides is 1. The average Bonchev–Trinajstić information content (AvgIpc) is 3.40. The first-order valence-corrected chi connectivity index (χ1v) is 13.1. The molecule has 0 radical (unpaired) electrons. The van der Waals surface area contributed by atoms with E-state index in [4.69, 9.17) is 0 Å². The van der Waals surface area contributed by atoms with Gasteiger partial charge in [-0.2, -0.15) is 0 Å². The normalized spacial score (nSPS) is 23.6. The number of aryl methyl sites for hydroxylation is 1. The largest absolute Gasteiger partial charge is 0.349 e. The number of nitrogens with one attached hydrogen (secondary N) is 2. The van der Waals surface area contributed by atoms with Gasteiger partial charge in [0.05, 0.1) is 10.9 Å². The van der Waals surface area contributed by atoms with Crippen molar-refractivity contribution in [3.05, 3.63) is 29.3 Å². The minimum atomic E-state index is -3.55. The Balaban J connectivity index is 1.36. The molecular weight excluding hydrogens is 398 g/mol. The third kappa shape index (κ3) is 5.06. The lowest BCUT2D eigenvalue weighted by Crippen LogP contribution is -2.39. The highest BCUT2D eigenvalue weighted by Gasteiger charge is 2.30. The van der Waals surface area contributed by atoms with Crippen LogP contribution in [0.25, 0.3) is 0 Å². The van der Waals surface area contributed by atoms with Crippen LogP contribution in [0, 0.1) is 11.8 Å². The van der Waals surface area contributed by atoms with Crippen LogP contribution in [0.4, 0.5) is 0 Å². The highest BCUT2D eigenvalue weighted by atomic mass is 32.2. The fraction of sp³-hybridized carbons (Fsp3) is 0.696. The Morgan fingerprint density at radius 1 is 1.10 bits per heavy atom. The maximum absolute atomic E-state index is 12.8. The van der Waals surface area contributed by atoms with Crippen molar-refractivity contribution in [2.75, 3.05) is 26.2 Å². The molecule has 4 rings (SSSR count). The molecule has 1 aromatic carbocycles. The summed E-state index contributed by atoms with van der Waals surface area (Å²) in [6, 6.07) is 5.31. The number of likely N-dealkylation sites (tertiary alicyclic amines) is 1. The molecule has 1 saturated carbocycles. The molecule has 30 heavy (non-hydrogen) atoms. The average molecular weight is 434 g/mol.